The van der Waals surface area contributed by atoms with E-state index in [1.54, 1.807) is 13.2 Å². The van der Waals surface area contributed by atoms with Gasteiger partial charge in [-0.2, -0.15) is 0 Å². The van der Waals surface area contributed by atoms with E-state index in [4.69, 9.17) is 4.74 Å². The minimum absolute atomic E-state index is 0.0150. The number of piperazine rings is 1. The molecular weight excluding hydrogens is 446 g/mol. The summed E-state index contributed by atoms with van der Waals surface area (Å²) in [5, 5.41) is 8.94. The van der Waals surface area contributed by atoms with E-state index in [-0.39, 0.29) is 5.91 Å². The fourth-order valence-corrected chi connectivity index (χ4v) is 4.41. The Bertz CT molecular complexity index is 876. The number of ether oxygens (including phenoxy) is 1. The molecule has 8 heteroatoms. The fraction of sp³-hybridized carbons (Fsp3) is 0.500. The zero-order valence-electron chi connectivity index (χ0n) is 17.6. The number of anilines is 2. The highest BCUT2D eigenvalue weighted by Crippen LogP contribution is 2.25. The summed E-state index contributed by atoms with van der Waals surface area (Å²) in [4.78, 5) is 19.4. The molecule has 2 fully saturated rings. The second-order valence-corrected chi connectivity index (χ2v) is 8.90. The molecule has 0 bridgehead atoms. The van der Waals surface area contributed by atoms with Crippen LogP contribution in [0.1, 0.15) is 30.1 Å². The number of piperidine rings is 1. The van der Waals surface area contributed by atoms with Crippen molar-refractivity contribution in [3.8, 4) is 5.75 Å². The Labute approximate surface area is 186 Å². The summed E-state index contributed by atoms with van der Waals surface area (Å²) < 4.78 is 6.04. The molecule has 2 aromatic rings. The van der Waals surface area contributed by atoms with Crippen LogP contribution < -0.4 is 14.5 Å². The summed E-state index contributed by atoms with van der Waals surface area (Å²) >= 11 is 3.48. The first-order valence-corrected chi connectivity index (χ1v) is 11.3. The molecule has 1 aromatic heterocycles. The Balaban J connectivity index is 1.36. The number of rotatable bonds is 4. The van der Waals surface area contributed by atoms with Crippen molar-refractivity contribution in [3.05, 3.63) is 40.4 Å². The molecule has 0 atom stereocenters. The van der Waals surface area contributed by atoms with Gasteiger partial charge in [0.1, 0.15) is 5.75 Å². The highest BCUT2D eigenvalue weighted by Gasteiger charge is 2.25. The summed E-state index contributed by atoms with van der Waals surface area (Å²) in [6.45, 7) is 7.19. The first-order valence-electron chi connectivity index (χ1n) is 10.5. The van der Waals surface area contributed by atoms with Gasteiger partial charge in [0, 0.05) is 43.7 Å². The first kappa shape index (κ1) is 20.9. The number of halogens is 1. The van der Waals surface area contributed by atoms with E-state index in [9.17, 15) is 4.79 Å². The lowest BCUT2D eigenvalue weighted by molar-refractivity contribution is 0.0745. The average molecular weight is 474 g/mol. The second kappa shape index (κ2) is 9.20. The van der Waals surface area contributed by atoms with Crippen molar-refractivity contribution in [1.29, 1.82) is 0 Å². The molecule has 0 saturated carbocycles. The van der Waals surface area contributed by atoms with Gasteiger partial charge in [0.25, 0.3) is 5.91 Å². The highest BCUT2D eigenvalue weighted by molar-refractivity contribution is 9.10. The number of hydrogen-bond donors (Lipinski definition) is 0. The van der Waals surface area contributed by atoms with Gasteiger partial charge in [-0.05, 0) is 65.0 Å². The number of methoxy groups -OCH3 is 1. The van der Waals surface area contributed by atoms with Crippen molar-refractivity contribution in [2.45, 2.75) is 19.8 Å². The number of hydrogen-bond acceptors (Lipinski definition) is 6. The van der Waals surface area contributed by atoms with Gasteiger partial charge in [-0.25, -0.2) is 0 Å². The predicted octanol–water partition coefficient (Wildman–Crippen LogP) is 3.45. The van der Waals surface area contributed by atoms with Gasteiger partial charge in [-0.15, -0.1) is 10.2 Å². The SMILES string of the molecule is COc1ccc(Br)c(C(=O)N2CCN(c3ccc(N4CCC(C)CC4)nn3)CC2)c1. The largest absolute Gasteiger partial charge is 0.497 e. The zero-order valence-corrected chi connectivity index (χ0v) is 19.1. The van der Waals surface area contributed by atoms with Gasteiger partial charge in [0.15, 0.2) is 11.6 Å². The lowest BCUT2D eigenvalue weighted by atomic mass is 9.99. The van der Waals surface area contributed by atoms with Crippen LogP contribution in [0, 0.1) is 5.92 Å². The molecule has 1 amide bonds. The van der Waals surface area contributed by atoms with E-state index >= 15 is 0 Å². The van der Waals surface area contributed by atoms with E-state index in [1.807, 2.05) is 17.0 Å². The number of aromatic nitrogens is 2. The van der Waals surface area contributed by atoms with Gasteiger partial charge in [-0.1, -0.05) is 6.92 Å². The molecule has 2 aliphatic heterocycles. The van der Waals surface area contributed by atoms with E-state index in [0.29, 0.717) is 24.4 Å². The van der Waals surface area contributed by atoms with E-state index in [2.05, 4.69) is 55.0 Å². The molecule has 1 aromatic carbocycles. The molecule has 7 nitrogen and oxygen atoms in total. The monoisotopic (exact) mass is 473 g/mol. The van der Waals surface area contributed by atoms with Crippen LogP contribution in [0.3, 0.4) is 0 Å². The molecule has 3 heterocycles. The maximum absolute atomic E-state index is 13.0. The molecule has 2 aliphatic rings. The molecule has 0 radical (unpaired) electrons. The Kier molecular flexibility index (Phi) is 6.41. The molecule has 0 N–H and O–H groups in total. The van der Waals surface area contributed by atoms with Crippen molar-refractivity contribution in [2.24, 2.45) is 5.92 Å². The number of benzene rings is 1. The third kappa shape index (κ3) is 4.53. The topological polar surface area (TPSA) is 61.8 Å². The maximum Gasteiger partial charge on any atom is 0.255 e. The Hall–Kier alpha value is -2.35. The summed E-state index contributed by atoms with van der Waals surface area (Å²) in [5.41, 5.74) is 0.628. The number of amides is 1. The van der Waals surface area contributed by atoms with Crippen molar-refractivity contribution >= 4 is 33.5 Å². The molecule has 2 saturated heterocycles. The van der Waals surface area contributed by atoms with E-state index in [0.717, 1.165) is 48.2 Å². The third-order valence-electron chi connectivity index (χ3n) is 6.04. The Morgan fingerprint density at radius 2 is 1.57 bits per heavy atom. The van der Waals surface area contributed by atoms with Crippen LogP contribution >= 0.6 is 15.9 Å². The van der Waals surface area contributed by atoms with Crippen LogP contribution in [0.15, 0.2) is 34.8 Å². The quantitative estimate of drug-likeness (QED) is 0.677. The highest BCUT2D eigenvalue weighted by atomic mass is 79.9. The van der Waals surface area contributed by atoms with E-state index < -0.39 is 0 Å². The smallest absolute Gasteiger partial charge is 0.255 e. The lowest BCUT2D eigenvalue weighted by Crippen LogP contribution is -2.49. The maximum atomic E-state index is 13.0. The van der Waals surface area contributed by atoms with Crippen LogP contribution in [0.25, 0.3) is 0 Å². The lowest BCUT2D eigenvalue weighted by Gasteiger charge is -2.35. The van der Waals surface area contributed by atoms with Crippen LogP contribution in [0.4, 0.5) is 11.6 Å². The van der Waals surface area contributed by atoms with Crippen LogP contribution in [-0.4, -0.2) is 67.4 Å². The number of nitrogens with zero attached hydrogens (tertiary/aromatic N) is 5. The predicted molar refractivity (Wildman–Crippen MR) is 121 cm³/mol. The van der Waals surface area contributed by atoms with Crippen molar-refractivity contribution < 1.29 is 9.53 Å². The van der Waals surface area contributed by atoms with Gasteiger partial charge in [0.2, 0.25) is 0 Å². The molecule has 0 aliphatic carbocycles. The molecule has 30 heavy (non-hydrogen) atoms. The van der Waals surface area contributed by atoms with Gasteiger partial charge in [0.05, 0.1) is 12.7 Å². The van der Waals surface area contributed by atoms with E-state index in [1.165, 1.54) is 12.8 Å². The van der Waals surface area contributed by atoms with Crippen molar-refractivity contribution in [3.63, 3.8) is 0 Å². The summed E-state index contributed by atoms with van der Waals surface area (Å²) in [6.07, 6.45) is 2.42. The third-order valence-corrected chi connectivity index (χ3v) is 6.73. The molecular formula is C22H28BrN5O2. The molecule has 4 rings (SSSR count). The normalized spacial score (nSPS) is 17.9. The Morgan fingerprint density at radius 3 is 2.13 bits per heavy atom. The van der Waals surface area contributed by atoms with Crippen LogP contribution in [0.2, 0.25) is 0 Å². The van der Waals surface area contributed by atoms with Gasteiger partial charge in [-0.3, -0.25) is 4.79 Å². The minimum atomic E-state index is 0.0150. The van der Waals surface area contributed by atoms with Crippen LogP contribution in [-0.2, 0) is 0 Å². The molecule has 160 valence electrons. The summed E-state index contributed by atoms with van der Waals surface area (Å²) in [7, 11) is 1.61. The van der Waals surface area contributed by atoms with Crippen LogP contribution in [0.5, 0.6) is 5.75 Å². The second-order valence-electron chi connectivity index (χ2n) is 8.04. The molecule has 0 spiro atoms. The fourth-order valence-electron chi connectivity index (χ4n) is 4.00. The van der Waals surface area contributed by atoms with Gasteiger partial charge >= 0.3 is 0 Å². The van der Waals surface area contributed by atoms with Gasteiger partial charge < -0.3 is 19.4 Å². The first-order chi connectivity index (χ1) is 14.5. The van der Waals surface area contributed by atoms with Crippen molar-refractivity contribution in [1.82, 2.24) is 15.1 Å². The Morgan fingerprint density at radius 1 is 0.967 bits per heavy atom. The average Bonchev–Trinajstić information content (AvgIpc) is 2.80. The number of carbonyl (C=O) groups is 1. The minimum Gasteiger partial charge on any atom is -0.497 e. The standard InChI is InChI=1S/C22H28BrN5O2/c1-16-7-9-26(10-8-16)20-5-6-21(25-24-20)27-11-13-28(14-12-27)22(29)18-15-17(30-2)3-4-19(18)23/h3-6,15-16H,7-14H2,1-2H3. The number of carbonyl (C=O) groups excluding carboxylic acids is 1. The van der Waals surface area contributed by atoms with Crippen molar-refractivity contribution in [2.75, 3.05) is 56.2 Å². The summed E-state index contributed by atoms with van der Waals surface area (Å²) in [6, 6.07) is 9.60. The summed E-state index contributed by atoms with van der Waals surface area (Å²) in [5.74, 6) is 3.33. The zero-order chi connectivity index (χ0) is 21.1. The molecule has 0 unspecified atom stereocenters.